The summed E-state index contributed by atoms with van der Waals surface area (Å²) < 4.78 is 5.82. The molecule has 1 aliphatic heterocycles. The van der Waals surface area contributed by atoms with Crippen LogP contribution in [0.15, 0.2) is 59.5 Å². The van der Waals surface area contributed by atoms with Crippen molar-refractivity contribution in [3.63, 3.8) is 0 Å². The predicted octanol–water partition coefficient (Wildman–Crippen LogP) is 6.69. The van der Waals surface area contributed by atoms with Crippen LogP contribution in [0.2, 0.25) is 0 Å². The van der Waals surface area contributed by atoms with Crippen LogP contribution >= 0.6 is 11.3 Å². The summed E-state index contributed by atoms with van der Waals surface area (Å²) in [6.07, 6.45) is 0. The van der Waals surface area contributed by atoms with Gasteiger partial charge in [0.1, 0.15) is 17.6 Å². The van der Waals surface area contributed by atoms with Gasteiger partial charge in [0.25, 0.3) is 11.7 Å². The predicted molar refractivity (Wildman–Crippen MR) is 141 cm³/mol. The van der Waals surface area contributed by atoms with E-state index in [1.54, 1.807) is 6.07 Å². The minimum atomic E-state index is -0.707. The highest BCUT2D eigenvalue weighted by atomic mass is 32.1. The van der Waals surface area contributed by atoms with E-state index in [0.29, 0.717) is 17.9 Å². The molecule has 2 heterocycles. The van der Waals surface area contributed by atoms with Crippen LogP contribution < -0.4 is 9.64 Å². The molecule has 1 aliphatic rings. The summed E-state index contributed by atoms with van der Waals surface area (Å²) in [4.78, 5) is 29.2. The van der Waals surface area contributed by atoms with Gasteiger partial charge in [0.2, 0.25) is 0 Å². The topological polar surface area (TPSA) is 66.8 Å². The molecule has 1 atom stereocenters. The number of ketones is 1. The van der Waals surface area contributed by atoms with Crippen molar-refractivity contribution in [2.75, 3.05) is 11.5 Å². The van der Waals surface area contributed by atoms with Gasteiger partial charge in [-0.25, -0.2) is 0 Å². The van der Waals surface area contributed by atoms with E-state index in [9.17, 15) is 14.7 Å². The minimum absolute atomic E-state index is 0.103. The van der Waals surface area contributed by atoms with Gasteiger partial charge in [0.05, 0.1) is 12.2 Å². The minimum Gasteiger partial charge on any atom is -0.507 e. The monoisotopic (exact) mass is 489 g/mol. The van der Waals surface area contributed by atoms with Crippen molar-refractivity contribution in [1.29, 1.82) is 0 Å². The first-order valence-corrected chi connectivity index (χ1v) is 12.6. The van der Waals surface area contributed by atoms with Gasteiger partial charge in [-0.1, -0.05) is 32.9 Å². The van der Waals surface area contributed by atoms with Gasteiger partial charge in [-0.2, -0.15) is 0 Å². The van der Waals surface area contributed by atoms with Gasteiger partial charge in [0.15, 0.2) is 0 Å². The Labute approximate surface area is 210 Å². The Kier molecular flexibility index (Phi) is 6.60. The molecule has 182 valence electrons. The maximum Gasteiger partial charge on any atom is 0.300 e. The number of Topliss-reactive ketones (excluding diaryl/α,β-unsaturated/α-hetero) is 1. The smallest absolute Gasteiger partial charge is 0.300 e. The Morgan fingerprint density at radius 1 is 1.09 bits per heavy atom. The Morgan fingerprint density at radius 2 is 1.83 bits per heavy atom. The lowest BCUT2D eigenvalue weighted by molar-refractivity contribution is -0.132. The molecule has 0 spiro atoms. The molecule has 1 unspecified atom stereocenters. The van der Waals surface area contributed by atoms with E-state index < -0.39 is 17.7 Å². The van der Waals surface area contributed by atoms with Gasteiger partial charge in [0, 0.05) is 21.7 Å². The zero-order valence-electron chi connectivity index (χ0n) is 21.0. The summed E-state index contributed by atoms with van der Waals surface area (Å²) in [6, 6.07) is 14.2. The molecule has 0 radical (unpaired) electrons. The zero-order chi connectivity index (χ0) is 25.5. The molecule has 6 heteroatoms. The summed E-state index contributed by atoms with van der Waals surface area (Å²) in [7, 11) is 0. The number of hydrogen-bond acceptors (Lipinski definition) is 5. The lowest BCUT2D eigenvalue weighted by Gasteiger charge is -2.26. The number of carbonyl (C=O) groups is 2. The SMILES string of the molecule is CCOc1ccc(/C(O)=C2/C(=O)C(=O)N(c3cccc(C)c3)C2c2sccc2C)cc1C(C)(C)C. The first kappa shape index (κ1) is 24.7. The number of aliphatic hydroxyl groups is 1. The van der Waals surface area contributed by atoms with Crippen LogP contribution in [-0.2, 0) is 15.0 Å². The van der Waals surface area contributed by atoms with E-state index >= 15 is 0 Å². The second-order valence-corrected chi connectivity index (χ2v) is 10.8. The maximum absolute atomic E-state index is 13.4. The molecule has 5 nitrogen and oxygen atoms in total. The molecule has 1 amide bonds. The Hall–Kier alpha value is -3.38. The number of amides is 1. The molecular formula is C29H31NO4S. The number of thiophene rings is 1. The Bertz CT molecular complexity index is 1330. The molecule has 1 aromatic heterocycles. The van der Waals surface area contributed by atoms with Crippen molar-refractivity contribution >= 4 is 34.5 Å². The second-order valence-electron chi connectivity index (χ2n) is 9.87. The molecule has 0 aliphatic carbocycles. The van der Waals surface area contributed by atoms with Crippen molar-refractivity contribution in [2.24, 2.45) is 0 Å². The third-order valence-electron chi connectivity index (χ3n) is 6.24. The van der Waals surface area contributed by atoms with Gasteiger partial charge >= 0.3 is 0 Å². The highest BCUT2D eigenvalue weighted by molar-refractivity contribution is 7.10. The number of carbonyl (C=O) groups excluding carboxylic acids is 2. The van der Waals surface area contributed by atoms with E-state index in [1.807, 2.05) is 68.6 Å². The summed E-state index contributed by atoms with van der Waals surface area (Å²) in [6.45, 7) is 12.6. The average molecular weight is 490 g/mol. The number of ether oxygens (including phenoxy) is 1. The molecule has 3 aromatic rings. The number of hydrogen-bond donors (Lipinski definition) is 1. The van der Waals surface area contributed by atoms with Crippen molar-refractivity contribution < 1.29 is 19.4 Å². The van der Waals surface area contributed by atoms with E-state index in [2.05, 4.69) is 20.8 Å². The lowest BCUT2D eigenvalue weighted by Crippen LogP contribution is -2.29. The normalized spacial score (nSPS) is 17.8. The fourth-order valence-electron chi connectivity index (χ4n) is 4.49. The number of anilines is 1. The lowest BCUT2D eigenvalue weighted by atomic mass is 9.84. The molecule has 1 N–H and O–H groups in total. The maximum atomic E-state index is 13.4. The standard InChI is InChI=1S/C29H31NO4S/c1-7-34-22-12-11-19(16-21(22)29(4,5)6)25(31)23-24(27-18(3)13-14-35-27)30(28(33)26(23)32)20-10-8-9-17(2)15-20/h8-16,24,31H,7H2,1-6H3/b25-23-. The third kappa shape index (κ3) is 4.50. The summed E-state index contributed by atoms with van der Waals surface area (Å²) in [5, 5.41) is 13.5. The van der Waals surface area contributed by atoms with Crippen LogP contribution in [0.25, 0.3) is 5.76 Å². The molecule has 0 saturated carbocycles. The zero-order valence-corrected chi connectivity index (χ0v) is 21.8. The van der Waals surface area contributed by atoms with Crippen molar-refractivity contribution in [3.05, 3.63) is 86.6 Å². The molecule has 2 aromatic carbocycles. The number of aryl methyl sites for hydroxylation is 2. The van der Waals surface area contributed by atoms with E-state index in [0.717, 1.165) is 27.3 Å². The quantitative estimate of drug-likeness (QED) is 0.246. The van der Waals surface area contributed by atoms with Gasteiger partial charge in [-0.15, -0.1) is 11.3 Å². The molecule has 35 heavy (non-hydrogen) atoms. The third-order valence-corrected chi connectivity index (χ3v) is 7.31. The van der Waals surface area contributed by atoms with Crippen LogP contribution in [0.5, 0.6) is 5.75 Å². The van der Waals surface area contributed by atoms with Crippen LogP contribution in [0.4, 0.5) is 5.69 Å². The Balaban J connectivity index is 1.95. The van der Waals surface area contributed by atoms with Crippen LogP contribution in [0.3, 0.4) is 0 Å². The average Bonchev–Trinajstić information content (AvgIpc) is 3.33. The number of nitrogens with zero attached hydrogens (tertiary/aromatic N) is 1. The summed E-state index contributed by atoms with van der Waals surface area (Å²) >= 11 is 1.47. The fraction of sp³-hybridized carbons (Fsp3) is 0.310. The number of rotatable bonds is 5. The molecular weight excluding hydrogens is 458 g/mol. The first-order chi connectivity index (χ1) is 16.5. The van der Waals surface area contributed by atoms with E-state index in [4.69, 9.17) is 4.74 Å². The molecule has 4 rings (SSSR count). The van der Waals surface area contributed by atoms with E-state index in [1.165, 1.54) is 16.2 Å². The molecule has 0 bridgehead atoms. The second kappa shape index (κ2) is 9.34. The molecule has 1 saturated heterocycles. The Morgan fingerprint density at radius 3 is 2.43 bits per heavy atom. The molecule has 1 fully saturated rings. The van der Waals surface area contributed by atoms with Crippen molar-refractivity contribution in [2.45, 2.75) is 53.0 Å². The first-order valence-electron chi connectivity index (χ1n) is 11.7. The van der Waals surface area contributed by atoms with Gasteiger partial charge in [-0.05, 0) is 79.1 Å². The summed E-state index contributed by atoms with van der Waals surface area (Å²) in [5.74, 6) is -0.766. The van der Waals surface area contributed by atoms with Crippen molar-refractivity contribution in [3.8, 4) is 5.75 Å². The van der Waals surface area contributed by atoms with Crippen LogP contribution in [0.1, 0.15) is 60.9 Å². The van der Waals surface area contributed by atoms with Crippen molar-refractivity contribution in [1.82, 2.24) is 0 Å². The highest BCUT2D eigenvalue weighted by Gasteiger charge is 2.48. The highest BCUT2D eigenvalue weighted by Crippen LogP contribution is 2.45. The number of aliphatic hydroxyl groups excluding tert-OH is 1. The summed E-state index contributed by atoms with van der Waals surface area (Å²) in [5.41, 5.74) is 3.83. The van der Waals surface area contributed by atoms with Crippen LogP contribution in [-0.4, -0.2) is 23.4 Å². The number of benzene rings is 2. The van der Waals surface area contributed by atoms with Gasteiger partial charge in [-0.3, -0.25) is 14.5 Å². The van der Waals surface area contributed by atoms with E-state index in [-0.39, 0.29) is 16.7 Å². The van der Waals surface area contributed by atoms with Crippen LogP contribution in [0, 0.1) is 13.8 Å². The van der Waals surface area contributed by atoms with Gasteiger partial charge < -0.3 is 9.84 Å². The largest absolute Gasteiger partial charge is 0.507 e. The fourth-order valence-corrected chi connectivity index (χ4v) is 5.51.